The van der Waals surface area contributed by atoms with Crippen molar-refractivity contribution in [2.75, 3.05) is 11.6 Å². The first-order valence-corrected chi connectivity index (χ1v) is 9.53. The number of aryl methyl sites for hydroxylation is 1. The zero-order valence-electron chi connectivity index (χ0n) is 13.8. The smallest absolute Gasteiger partial charge is 0.224 e. The molecule has 0 aliphatic carbocycles. The third-order valence-electron chi connectivity index (χ3n) is 3.77. The lowest BCUT2D eigenvalue weighted by molar-refractivity contribution is -0.116. The monoisotopic (exact) mass is 371 g/mol. The average Bonchev–Trinajstić information content (AvgIpc) is 3.10. The summed E-state index contributed by atoms with van der Waals surface area (Å²) in [7, 11) is 0. The molecule has 1 heterocycles. The molecular formula is C20H18ClNO2S. The van der Waals surface area contributed by atoms with Gasteiger partial charge in [-0.1, -0.05) is 23.7 Å². The van der Waals surface area contributed by atoms with Gasteiger partial charge in [0.05, 0.1) is 5.69 Å². The van der Waals surface area contributed by atoms with Gasteiger partial charge in [0.15, 0.2) is 0 Å². The third kappa shape index (κ3) is 4.68. The summed E-state index contributed by atoms with van der Waals surface area (Å²) in [6.45, 7) is 0. The lowest BCUT2D eigenvalue weighted by Crippen LogP contribution is -2.12. The lowest BCUT2D eigenvalue weighted by Gasteiger charge is -2.08. The Morgan fingerprint density at radius 2 is 1.84 bits per heavy atom. The second-order valence-electron chi connectivity index (χ2n) is 5.52. The van der Waals surface area contributed by atoms with E-state index < -0.39 is 0 Å². The molecule has 0 bridgehead atoms. The van der Waals surface area contributed by atoms with Crippen LogP contribution in [0.1, 0.15) is 12.2 Å². The van der Waals surface area contributed by atoms with Crippen molar-refractivity contribution in [3.8, 4) is 11.3 Å². The maximum absolute atomic E-state index is 12.2. The van der Waals surface area contributed by atoms with Crippen molar-refractivity contribution in [3.05, 3.63) is 71.4 Å². The Kier molecular flexibility index (Phi) is 5.84. The first-order valence-electron chi connectivity index (χ1n) is 7.93. The molecule has 25 heavy (non-hydrogen) atoms. The number of carbonyl (C=O) groups is 1. The van der Waals surface area contributed by atoms with Crippen molar-refractivity contribution < 1.29 is 9.21 Å². The molecular weight excluding hydrogens is 354 g/mol. The first-order chi connectivity index (χ1) is 12.2. The predicted octanol–water partition coefficient (Wildman–Crippen LogP) is 5.89. The van der Waals surface area contributed by atoms with Gasteiger partial charge in [-0.3, -0.25) is 4.79 Å². The van der Waals surface area contributed by atoms with Gasteiger partial charge in [-0.25, -0.2) is 0 Å². The Morgan fingerprint density at radius 1 is 1.08 bits per heavy atom. The van der Waals surface area contributed by atoms with E-state index in [2.05, 4.69) is 5.32 Å². The van der Waals surface area contributed by atoms with Gasteiger partial charge in [-0.15, -0.1) is 11.8 Å². The fourth-order valence-electron chi connectivity index (χ4n) is 2.48. The van der Waals surface area contributed by atoms with Gasteiger partial charge in [0, 0.05) is 28.3 Å². The van der Waals surface area contributed by atoms with Crippen LogP contribution in [0, 0.1) is 0 Å². The molecule has 0 aliphatic rings. The summed E-state index contributed by atoms with van der Waals surface area (Å²) in [4.78, 5) is 13.2. The molecule has 1 N–H and O–H groups in total. The summed E-state index contributed by atoms with van der Waals surface area (Å²) in [5.74, 6) is 1.55. The van der Waals surface area contributed by atoms with Crippen molar-refractivity contribution in [2.45, 2.75) is 17.7 Å². The Labute approximate surface area is 156 Å². The molecule has 0 spiro atoms. The van der Waals surface area contributed by atoms with Crippen LogP contribution in [0.5, 0.6) is 0 Å². The van der Waals surface area contributed by atoms with Crippen molar-refractivity contribution in [1.29, 1.82) is 0 Å². The highest BCUT2D eigenvalue weighted by Crippen LogP contribution is 2.26. The van der Waals surface area contributed by atoms with Gasteiger partial charge < -0.3 is 9.73 Å². The van der Waals surface area contributed by atoms with E-state index in [1.807, 2.05) is 66.9 Å². The zero-order valence-corrected chi connectivity index (χ0v) is 15.4. The maximum Gasteiger partial charge on any atom is 0.224 e. The molecule has 0 aliphatic heterocycles. The SMILES string of the molecule is CSc1ccccc1NC(=O)CCc1ccc(-c2ccc(Cl)cc2)o1. The third-order valence-corrected chi connectivity index (χ3v) is 4.82. The van der Waals surface area contributed by atoms with Gasteiger partial charge >= 0.3 is 0 Å². The first kappa shape index (κ1) is 17.6. The number of rotatable bonds is 6. The number of amides is 1. The molecule has 0 unspecified atom stereocenters. The summed E-state index contributed by atoms with van der Waals surface area (Å²) in [6, 6.07) is 19.1. The molecule has 0 fully saturated rings. The Morgan fingerprint density at radius 3 is 2.60 bits per heavy atom. The summed E-state index contributed by atoms with van der Waals surface area (Å²) >= 11 is 7.51. The van der Waals surface area contributed by atoms with E-state index in [0.29, 0.717) is 17.9 Å². The van der Waals surface area contributed by atoms with Crippen molar-refractivity contribution >= 4 is 35.0 Å². The maximum atomic E-state index is 12.2. The minimum atomic E-state index is -0.0223. The normalized spacial score (nSPS) is 10.6. The Balaban J connectivity index is 1.58. The molecule has 0 saturated carbocycles. The van der Waals surface area contributed by atoms with E-state index in [4.69, 9.17) is 16.0 Å². The number of halogens is 1. The molecule has 128 valence electrons. The van der Waals surface area contributed by atoms with Crippen LogP contribution in [0.4, 0.5) is 5.69 Å². The van der Waals surface area contributed by atoms with E-state index in [1.54, 1.807) is 11.8 Å². The standard InChI is InChI=1S/C20H18ClNO2S/c1-25-19-5-3-2-4-17(19)22-20(23)13-11-16-10-12-18(24-16)14-6-8-15(21)9-7-14/h2-10,12H,11,13H2,1H3,(H,22,23). The van der Waals surface area contributed by atoms with Crippen LogP contribution in [0.15, 0.2) is 70.0 Å². The average molecular weight is 372 g/mol. The molecule has 0 saturated heterocycles. The highest BCUT2D eigenvalue weighted by Gasteiger charge is 2.09. The number of carbonyl (C=O) groups excluding carboxylic acids is 1. The number of furan rings is 1. The summed E-state index contributed by atoms with van der Waals surface area (Å²) in [5.41, 5.74) is 1.82. The number of hydrogen-bond acceptors (Lipinski definition) is 3. The van der Waals surface area contributed by atoms with Gasteiger partial charge in [-0.05, 0) is 54.8 Å². The minimum absolute atomic E-state index is 0.0223. The van der Waals surface area contributed by atoms with Gasteiger partial charge in [-0.2, -0.15) is 0 Å². The summed E-state index contributed by atoms with van der Waals surface area (Å²) < 4.78 is 5.83. The molecule has 5 heteroatoms. The van der Waals surface area contributed by atoms with Crippen LogP contribution in [0.25, 0.3) is 11.3 Å². The van der Waals surface area contributed by atoms with Crippen molar-refractivity contribution in [3.63, 3.8) is 0 Å². The van der Waals surface area contributed by atoms with E-state index in [1.165, 1.54) is 0 Å². The van der Waals surface area contributed by atoms with E-state index in [-0.39, 0.29) is 5.91 Å². The molecule has 3 nitrogen and oxygen atoms in total. The molecule has 2 aromatic carbocycles. The fraction of sp³-hybridized carbons (Fsp3) is 0.150. The Bertz CT molecular complexity index is 858. The van der Waals surface area contributed by atoms with Crippen LogP contribution in [-0.4, -0.2) is 12.2 Å². The number of para-hydroxylation sites is 1. The molecule has 0 radical (unpaired) electrons. The van der Waals surface area contributed by atoms with Gasteiger partial charge in [0.25, 0.3) is 0 Å². The number of benzene rings is 2. The van der Waals surface area contributed by atoms with E-state index in [9.17, 15) is 4.79 Å². The molecule has 3 aromatic rings. The van der Waals surface area contributed by atoms with Crippen LogP contribution < -0.4 is 5.32 Å². The highest BCUT2D eigenvalue weighted by molar-refractivity contribution is 7.98. The van der Waals surface area contributed by atoms with E-state index >= 15 is 0 Å². The number of anilines is 1. The number of nitrogens with one attached hydrogen (secondary N) is 1. The van der Waals surface area contributed by atoms with Crippen LogP contribution in [-0.2, 0) is 11.2 Å². The summed E-state index contributed by atoms with van der Waals surface area (Å²) in [5, 5.41) is 3.65. The van der Waals surface area contributed by atoms with Crippen LogP contribution in [0.3, 0.4) is 0 Å². The second kappa shape index (κ2) is 8.28. The van der Waals surface area contributed by atoms with Crippen LogP contribution >= 0.6 is 23.4 Å². The van der Waals surface area contributed by atoms with E-state index in [0.717, 1.165) is 27.7 Å². The lowest BCUT2D eigenvalue weighted by atomic mass is 10.2. The molecule has 0 atom stereocenters. The highest BCUT2D eigenvalue weighted by atomic mass is 35.5. The fourth-order valence-corrected chi connectivity index (χ4v) is 3.16. The number of hydrogen-bond donors (Lipinski definition) is 1. The molecule has 3 rings (SSSR count). The zero-order chi connectivity index (χ0) is 17.6. The molecule has 1 amide bonds. The molecule has 1 aromatic heterocycles. The predicted molar refractivity (Wildman–Crippen MR) is 104 cm³/mol. The Hall–Kier alpha value is -2.17. The topological polar surface area (TPSA) is 42.2 Å². The minimum Gasteiger partial charge on any atom is -0.461 e. The van der Waals surface area contributed by atoms with Crippen molar-refractivity contribution in [2.24, 2.45) is 0 Å². The van der Waals surface area contributed by atoms with Crippen molar-refractivity contribution in [1.82, 2.24) is 0 Å². The quantitative estimate of drug-likeness (QED) is 0.549. The van der Waals surface area contributed by atoms with Gasteiger partial charge in [0.1, 0.15) is 11.5 Å². The summed E-state index contributed by atoms with van der Waals surface area (Å²) in [6.07, 6.45) is 2.92. The van der Waals surface area contributed by atoms with Gasteiger partial charge in [0.2, 0.25) is 5.91 Å². The number of thioether (sulfide) groups is 1. The largest absolute Gasteiger partial charge is 0.461 e. The second-order valence-corrected chi connectivity index (χ2v) is 6.81. The van der Waals surface area contributed by atoms with Crippen LogP contribution in [0.2, 0.25) is 5.02 Å².